The Labute approximate surface area is 215 Å². The lowest BCUT2D eigenvalue weighted by atomic mass is 10.2. The summed E-state index contributed by atoms with van der Waals surface area (Å²) in [6.07, 6.45) is 1.00. The van der Waals surface area contributed by atoms with Gasteiger partial charge in [0.15, 0.2) is 0 Å². The molecule has 2 N–H and O–H groups in total. The van der Waals surface area contributed by atoms with Crippen molar-refractivity contribution in [1.82, 2.24) is 0 Å². The number of carbonyl (C=O) groups is 1. The molecule has 186 valence electrons. The molecule has 0 aromatic heterocycles. The molecule has 0 aliphatic heterocycles. The highest BCUT2D eigenvalue weighted by atomic mass is 35.5. The van der Waals surface area contributed by atoms with Gasteiger partial charge in [0.05, 0.1) is 22.5 Å². The van der Waals surface area contributed by atoms with Crippen LogP contribution in [0.1, 0.15) is 11.1 Å². The number of anilines is 3. The van der Waals surface area contributed by atoms with Crippen molar-refractivity contribution >= 4 is 66.2 Å². The predicted molar refractivity (Wildman–Crippen MR) is 140 cm³/mol. The number of nitrogens with zero attached hydrogens (tertiary/aromatic N) is 1. The third-order valence-electron chi connectivity index (χ3n) is 5.08. The Bertz CT molecular complexity index is 1480. The number of amides is 1. The largest absolute Gasteiger partial charge is 0.325 e. The monoisotopic (exact) mass is 555 g/mol. The number of sulfonamides is 2. The summed E-state index contributed by atoms with van der Waals surface area (Å²) in [5, 5.41) is 3.46. The van der Waals surface area contributed by atoms with Gasteiger partial charge in [-0.2, -0.15) is 0 Å². The molecule has 0 radical (unpaired) electrons. The van der Waals surface area contributed by atoms with Gasteiger partial charge in [-0.25, -0.2) is 16.8 Å². The molecule has 0 saturated heterocycles. The summed E-state index contributed by atoms with van der Waals surface area (Å²) in [4.78, 5) is 12.6. The Morgan fingerprint density at radius 3 is 2.20 bits per heavy atom. The number of hydrogen-bond donors (Lipinski definition) is 2. The van der Waals surface area contributed by atoms with Crippen LogP contribution in [0, 0.1) is 13.8 Å². The van der Waals surface area contributed by atoms with Crippen molar-refractivity contribution in [3.63, 3.8) is 0 Å². The second-order valence-electron chi connectivity index (χ2n) is 7.79. The average Bonchev–Trinajstić information content (AvgIpc) is 2.75. The smallest absolute Gasteiger partial charge is 0.261 e. The zero-order valence-corrected chi connectivity index (χ0v) is 22.2. The van der Waals surface area contributed by atoms with Crippen LogP contribution >= 0.6 is 23.2 Å². The van der Waals surface area contributed by atoms with E-state index in [1.807, 2.05) is 0 Å². The van der Waals surface area contributed by atoms with Crippen molar-refractivity contribution in [2.75, 3.05) is 27.1 Å². The van der Waals surface area contributed by atoms with Crippen LogP contribution in [0.25, 0.3) is 0 Å². The normalized spacial score (nSPS) is 11.7. The highest BCUT2D eigenvalue weighted by molar-refractivity contribution is 7.92. The topological polar surface area (TPSA) is 113 Å². The summed E-state index contributed by atoms with van der Waals surface area (Å²) in [6.45, 7) is 2.91. The summed E-state index contributed by atoms with van der Waals surface area (Å²) in [5.74, 6) is -0.604. The first kappa shape index (κ1) is 26.8. The molecule has 12 heteroatoms. The summed E-state index contributed by atoms with van der Waals surface area (Å²) in [5.41, 5.74) is 2.17. The molecule has 0 spiro atoms. The molecular weight excluding hydrogens is 533 g/mol. The summed E-state index contributed by atoms with van der Waals surface area (Å²) in [7, 11) is -7.67. The molecule has 0 aliphatic carbocycles. The van der Waals surface area contributed by atoms with Crippen LogP contribution in [-0.2, 0) is 24.8 Å². The maximum atomic E-state index is 12.7. The number of rotatable bonds is 8. The number of aryl methyl sites for hydroxylation is 1. The maximum absolute atomic E-state index is 12.7. The van der Waals surface area contributed by atoms with Crippen LogP contribution in [-0.4, -0.2) is 35.5 Å². The van der Waals surface area contributed by atoms with Gasteiger partial charge in [-0.15, -0.1) is 0 Å². The molecular formula is C23H23Cl2N3O5S2. The number of hydrogen-bond acceptors (Lipinski definition) is 5. The SMILES string of the molecule is Cc1cc(Cl)ccc1N(CC(=O)Nc1ccc(S(=O)(=O)Nc2cccc(Cl)c2C)cc1)S(C)(=O)=O. The van der Waals surface area contributed by atoms with Crippen LogP contribution in [0.2, 0.25) is 10.0 Å². The summed E-state index contributed by atoms with van der Waals surface area (Å²) >= 11 is 12.0. The molecule has 0 fully saturated rings. The van der Waals surface area contributed by atoms with Gasteiger partial charge in [-0.1, -0.05) is 29.3 Å². The van der Waals surface area contributed by atoms with Crippen molar-refractivity contribution < 1.29 is 21.6 Å². The molecule has 8 nitrogen and oxygen atoms in total. The molecule has 0 aliphatic rings. The van der Waals surface area contributed by atoms with Gasteiger partial charge >= 0.3 is 0 Å². The van der Waals surface area contributed by atoms with Crippen molar-refractivity contribution in [3.8, 4) is 0 Å². The fraction of sp³-hybridized carbons (Fsp3) is 0.174. The second kappa shape index (κ2) is 10.4. The van der Waals surface area contributed by atoms with E-state index in [-0.39, 0.29) is 4.90 Å². The van der Waals surface area contributed by atoms with Gasteiger partial charge in [0.1, 0.15) is 6.54 Å². The highest BCUT2D eigenvalue weighted by Crippen LogP contribution is 2.27. The zero-order chi connectivity index (χ0) is 26.0. The zero-order valence-electron chi connectivity index (χ0n) is 19.0. The van der Waals surface area contributed by atoms with Crippen LogP contribution in [0.3, 0.4) is 0 Å². The molecule has 3 aromatic rings. The summed E-state index contributed by atoms with van der Waals surface area (Å²) < 4.78 is 53.6. The molecule has 0 atom stereocenters. The standard InChI is InChI=1S/C23H23Cl2N3O5S2/c1-15-13-17(24)7-12-22(15)28(34(3,30)31)14-23(29)26-18-8-10-19(11-9-18)35(32,33)27-21-6-4-5-20(25)16(21)2/h4-13,27H,14H2,1-3H3,(H,26,29). The van der Waals surface area contributed by atoms with E-state index in [2.05, 4.69) is 10.0 Å². The Morgan fingerprint density at radius 2 is 1.60 bits per heavy atom. The van der Waals surface area contributed by atoms with E-state index in [0.717, 1.165) is 10.6 Å². The van der Waals surface area contributed by atoms with Gasteiger partial charge < -0.3 is 5.32 Å². The van der Waals surface area contributed by atoms with Gasteiger partial charge in [0.2, 0.25) is 15.9 Å². The average molecular weight is 556 g/mol. The van der Waals surface area contributed by atoms with E-state index in [1.165, 1.54) is 36.4 Å². The molecule has 0 heterocycles. The number of halogens is 2. The Balaban J connectivity index is 1.75. The van der Waals surface area contributed by atoms with Gasteiger partial charge in [-0.05, 0) is 79.6 Å². The van der Waals surface area contributed by atoms with Gasteiger partial charge in [0.25, 0.3) is 10.0 Å². The van der Waals surface area contributed by atoms with E-state index in [9.17, 15) is 21.6 Å². The van der Waals surface area contributed by atoms with Crippen molar-refractivity contribution in [2.45, 2.75) is 18.7 Å². The van der Waals surface area contributed by atoms with Gasteiger partial charge in [-0.3, -0.25) is 13.8 Å². The summed E-state index contributed by atoms with van der Waals surface area (Å²) in [6, 6.07) is 15.0. The van der Waals surface area contributed by atoms with Crippen LogP contribution in [0.15, 0.2) is 65.6 Å². The molecule has 0 bridgehead atoms. The predicted octanol–water partition coefficient (Wildman–Crippen LogP) is 4.82. The highest BCUT2D eigenvalue weighted by Gasteiger charge is 2.23. The van der Waals surface area contributed by atoms with E-state index >= 15 is 0 Å². The van der Waals surface area contributed by atoms with Crippen LogP contribution in [0.5, 0.6) is 0 Å². The lowest BCUT2D eigenvalue weighted by molar-refractivity contribution is -0.114. The fourth-order valence-corrected chi connectivity index (χ4v) is 5.69. The van der Waals surface area contributed by atoms with Gasteiger partial charge in [0, 0.05) is 15.7 Å². The first-order valence-electron chi connectivity index (χ1n) is 10.2. The minimum atomic E-state index is -3.90. The molecule has 35 heavy (non-hydrogen) atoms. The van der Waals surface area contributed by atoms with Crippen molar-refractivity contribution in [1.29, 1.82) is 0 Å². The maximum Gasteiger partial charge on any atom is 0.261 e. The van der Waals surface area contributed by atoms with E-state index in [1.54, 1.807) is 38.1 Å². The Morgan fingerprint density at radius 1 is 0.943 bits per heavy atom. The van der Waals surface area contributed by atoms with E-state index in [0.29, 0.717) is 38.2 Å². The molecule has 1 amide bonds. The van der Waals surface area contributed by atoms with E-state index < -0.39 is 32.5 Å². The van der Waals surface area contributed by atoms with Crippen molar-refractivity contribution in [2.24, 2.45) is 0 Å². The van der Waals surface area contributed by atoms with Crippen LogP contribution in [0.4, 0.5) is 17.1 Å². The third-order valence-corrected chi connectivity index (χ3v) is 8.23. The Kier molecular flexibility index (Phi) is 8.00. The van der Waals surface area contributed by atoms with Crippen molar-refractivity contribution in [3.05, 3.63) is 81.8 Å². The van der Waals surface area contributed by atoms with Crippen LogP contribution < -0.4 is 14.3 Å². The Hall–Kier alpha value is -2.79. The first-order chi connectivity index (χ1) is 16.3. The number of nitrogens with one attached hydrogen (secondary N) is 2. The second-order valence-corrected chi connectivity index (χ2v) is 12.2. The lowest BCUT2D eigenvalue weighted by Crippen LogP contribution is -2.37. The minimum Gasteiger partial charge on any atom is -0.325 e. The molecule has 3 aromatic carbocycles. The molecule has 0 saturated carbocycles. The first-order valence-corrected chi connectivity index (χ1v) is 14.3. The minimum absolute atomic E-state index is 0.0237. The lowest BCUT2D eigenvalue weighted by Gasteiger charge is -2.23. The molecule has 3 rings (SSSR count). The number of carbonyl (C=O) groups excluding carboxylic acids is 1. The molecule has 0 unspecified atom stereocenters. The third kappa shape index (κ3) is 6.66. The fourth-order valence-electron chi connectivity index (χ4n) is 3.25. The number of benzene rings is 3. The quantitative estimate of drug-likeness (QED) is 0.413. The van der Waals surface area contributed by atoms with E-state index in [4.69, 9.17) is 23.2 Å².